The van der Waals surface area contributed by atoms with Gasteiger partial charge in [0, 0.05) is 39.8 Å². The third kappa shape index (κ3) is 9.46. The highest BCUT2D eigenvalue weighted by atomic mass is 16.5. The number of nitrogens with zero attached hydrogens (tertiary/aromatic N) is 2. The van der Waals surface area contributed by atoms with Crippen molar-refractivity contribution < 1.29 is 14.2 Å². The molecular formula is C24H40N4O3. The van der Waals surface area contributed by atoms with E-state index in [-0.39, 0.29) is 0 Å². The van der Waals surface area contributed by atoms with Crippen LogP contribution >= 0.6 is 0 Å². The highest BCUT2D eigenvalue weighted by Gasteiger charge is 2.12. The molecule has 0 radical (unpaired) electrons. The number of ether oxygens (including phenoxy) is 3. The third-order valence-electron chi connectivity index (χ3n) is 5.91. The zero-order valence-electron chi connectivity index (χ0n) is 19.1. The number of benzene rings is 1. The quantitative estimate of drug-likeness (QED) is 0.257. The molecule has 2 fully saturated rings. The molecular weight excluding hydrogens is 392 g/mol. The molecule has 7 heteroatoms. The number of aliphatic imine (C=N–C) groups is 1. The van der Waals surface area contributed by atoms with E-state index in [1.54, 1.807) is 7.05 Å². The van der Waals surface area contributed by atoms with Crippen LogP contribution in [0.2, 0.25) is 0 Å². The van der Waals surface area contributed by atoms with Gasteiger partial charge in [-0.1, -0.05) is 37.8 Å². The summed E-state index contributed by atoms with van der Waals surface area (Å²) in [4.78, 5) is 6.70. The lowest BCUT2D eigenvalue weighted by Crippen LogP contribution is -2.39. The monoisotopic (exact) mass is 432 g/mol. The molecule has 1 saturated carbocycles. The highest BCUT2D eigenvalue weighted by Crippen LogP contribution is 2.19. The highest BCUT2D eigenvalue weighted by molar-refractivity contribution is 5.79. The van der Waals surface area contributed by atoms with Crippen LogP contribution in [0.4, 0.5) is 0 Å². The zero-order valence-corrected chi connectivity index (χ0v) is 19.1. The van der Waals surface area contributed by atoms with Crippen molar-refractivity contribution in [1.82, 2.24) is 15.5 Å². The van der Waals surface area contributed by atoms with Gasteiger partial charge in [-0.3, -0.25) is 9.89 Å². The molecule has 0 atom stereocenters. The number of nitrogens with one attached hydrogen (secondary N) is 2. The second kappa shape index (κ2) is 14.3. The van der Waals surface area contributed by atoms with E-state index in [9.17, 15) is 0 Å². The summed E-state index contributed by atoms with van der Waals surface area (Å²) in [6, 6.07) is 8.25. The van der Waals surface area contributed by atoms with Crippen molar-refractivity contribution in [2.75, 3.05) is 59.7 Å². The average Bonchev–Trinajstić information content (AvgIpc) is 3.08. The van der Waals surface area contributed by atoms with Crippen molar-refractivity contribution in [3.63, 3.8) is 0 Å². The fourth-order valence-electron chi connectivity index (χ4n) is 4.07. The predicted octanol–water partition coefficient (Wildman–Crippen LogP) is 2.80. The molecule has 2 aliphatic rings. The summed E-state index contributed by atoms with van der Waals surface area (Å²) < 4.78 is 17.4. The van der Waals surface area contributed by atoms with Crippen LogP contribution in [0, 0.1) is 0 Å². The molecule has 3 rings (SSSR count). The molecule has 174 valence electrons. The van der Waals surface area contributed by atoms with Gasteiger partial charge in [-0.05, 0) is 30.5 Å². The smallest absolute Gasteiger partial charge is 0.191 e. The maximum absolute atomic E-state index is 6.05. The van der Waals surface area contributed by atoms with Gasteiger partial charge in [-0.25, -0.2) is 0 Å². The molecule has 0 amide bonds. The Morgan fingerprint density at radius 2 is 1.90 bits per heavy atom. The Bertz CT molecular complexity index is 641. The van der Waals surface area contributed by atoms with Crippen molar-refractivity contribution in [2.24, 2.45) is 4.99 Å². The Kier molecular flexibility index (Phi) is 11.0. The molecule has 1 aromatic carbocycles. The number of morpholine rings is 1. The molecule has 1 saturated heterocycles. The van der Waals surface area contributed by atoms with Gasteiger partial charge >= 0.3 is 0 Å². The first-order chi connectivity index (χ1) is 15.3. The average molecular weight is 433 g/mol. The standard InChI is InChI=1S/C24H40N4O3/c1-25-24(26-11-15-30-22-8-4-2-3-5-9-22)27-20-21-7-6-10-23(19-21)31-18-14-28-12-16-29-17-13-28/h6-7,10,19,22H,2-5,8-9,11-18,20H2,1H3,(H2,25,26,27). The molecule has 0 aromatic heterocycles. The van der Waals surface area contributed by atoms with Gasteiger partial charge < -0.3 is 24.8 Å². The second-order valence-corrected chi connectivity index (χ2v) is 8.29. The van der Waals surface area contributed by atoms with E-state index in [0.717, 1.165) is 57.7 Å². The van der Waals surface area contributed by atoms with Crippen LogP contribution in [0.1, 0.15) is 44.1 Å². The van der Waals surface area contributed by atoms with Gasteiger partial charge in [0.15, 0.2) is 5.96 Å². The number of rotatable bonds is 10. The van der Waals surface area contributed by atoms with Gasteiger partial charge in [-0.2, -0.15) is 0 Å². The van der Waals surface area contributed by atoms with E-state index in [2.05, 4.69) is 32.7 Å². The first-order valence-corrected chi connectivity index (χ1v) is 11.9. The first kappa shape index (κ1) is 23.8. The third-order valence-corrected chi connectivity index (χ3v) is 5.91. The van der Waals surface area contributed by atoms with Crippen LogP contribution in [-0.2, 0) is 16.0 Å². The van der Waals surface area contributed by atoms with Gasteiger partial charge in [0.1, 0.15) is 12.4 Å². The number of hydrogen-bond donors (Lipinski definition) is 2. The minimum Gasteiger partial charge on any atom is -0.492 e. The van der Waals surface area contributed by atoms with Crippen molar-refractivity contribution >= 4 is 5.96 Å². The van der Waals surface area contributed by atoms with E-state index in [1.807, 2.05) is 12.1 Å². The normalized spacial score (nSPS) is 19.1. The van der Waals surface area contributed by atoms with E-state index in [1.165, 1.54) is 44.1 Å². The topological polar surface area (TPSA) is 67.4 Å². The van der Waals surface area contributed by atoms with Crippen LogP contribution in [-0.4, -0.2) is 76.6 Å². The Balaban J connectivity index is 1.31. The molecule has 1 aromatic rings. The van der Waals surface area contributed by atoms with Crippen LogP contribution in [0.5, 0.6) is 5.75 Å². The summed E-state index contributed by atoms with van der Waals surface area (Å²) in [5, 5.41) is 6.72. The number of guanidine groups is 1. The van der Waals surface area contributed by atoms with Gasteiger partial charge in [0.05, 0.1) is 25.9 Å². The van der Waals surface area contributed by atoms with Crippen LogP contribution < -0.4 is 15.4 Å². The SMILES string of the molecule is CN=C(NCCOC1CCCCCC1)NCc1cccc(OCCN2CCOCC2)c1. The summed E-state index contributed by atoms with van der Waals surface area (Å²) in [7, 11) is 1.80. The van der Waals surface area contributed by atoms with Crippen LogP contribution in [0.15, 0.2) is 29.3 Å². The Hall–Kier alpha value is -1.83. The van der Waals surface area contributed by atoms with Gasteiger partial charge in [-0.15, -0.1) is 0 Å². The summed E-state index contributed by atoms with van der Waals surface area (Å²) >= 11 is 0. The predicted molar refractivity (Wildman–Crippen MR) is 125 cm³/mol. The van der Waals surface area contributed by atoms with E-state index < -0.39 is 0 Å². The summed E-state index contributed by atoms with van der Waals surface area (Å²) in [5.41, 5.74) is 1.17. The van der Waals surface area contributed by atoms with Gasteiger partial charge in [0.2, 0.25) is 0 Å². The van der Waals surface area contributed by atoms with Crippen LogP contribution in [0.25, 0.3) is 0 Å². The maximum Gasteiger partial charge on any atom is 0.191 e. The Morgan fingerprint density at radius 3 is 2.68 bits per heavy atom. The second-order valence-electron chi connectivity index (χ2n) is 8.29. The molecule has 2 N–H and O–H groups in total. The minimum atomic E-state index is 0.435. The molecule has 1 aliphatic carbocycles. The van der Waals surface area contributed by atoms with E-state index >= 15 is 0 Å². The fourth-order valence-corrected chi connectivity index (χ4v) is 4.07. The molecule has 0 spiro atoms. The first-order valence-electron chi connectivity index (χ1n) is 11.9. The summed E-state index contributed by atoms with van der Waals surface area (Å²) in [5.74, 6) is 1.70. The van der Waals surface area contributed by atoms with Crippen molar-refractivity contribution in [1.29, 1.82) is 0 Å². The molecule has 7 nitrogen and oxygen atoms in total. The molecule has 31 heavy (non-hydrogen) atoms. The largest absolute Gasteiger partial charge is 0.492 e. The summed E-state index contributed by atoms with van der Waals surface area (Å²) in [6.07, 6.45) is 8.17. The molecule has 0 unspecified atom stereocenters. The fraction of sp³-hybridized carbons (Fsp3) is 0.708. The van der Waals surface area contributed by atoms with E-state index in [4.69, 9.17) is 14.2 Å². The lowest BCUT2D eigenvalue weighted by molar-refractivity contribution is 0.0322. The number of hydrogen-bond acceptors (Lipinski definition) is 5. The summed E-state index contributed by atoms with van der Waals surface area (Å²) in [6.45, 7) is 7.44. The lowest BCUT2D eigenvalue weighted by atomic mass is 10.1. The lowest BCUT2D eigenvalue weighted by Gasteiger charge is -2.26. The molecule has 1 aliphatic heterocycles. The van der Waals surface area contributed by atoms with E-state index in [0.29, 0.717) is 19.3 Å². The van der Waals surface area contributed by atoms with Crippen molar-refractivity contribution in [2.45, 2.75) is 51.2 Å². The van der Waals surface area contributed by atoms with Crippen molar-refractivity contribution in [3.05, 3.63) is 29.8 Å². The van der Waals surface area contributed by atoms with Crippen LogP contribution in [0.3, 0.4) is 0 Å². The van der Waals surface area contributed by atoms with Gasteiger partial charge in [0.25, 0.3) is 0 Å². The Labute approximate surface area is 187 Å². The zero-order chi connectivity index (χ0) is 21.6. The minimum absolute atomic E-state index is 0.435. The molecule has 1 heterocycles. The molecule has 0 bridgehead atoms. The van der Waals surface area contributed by atoms with Crippen molar-refractivity contribution in [3.8, 4) is 5.75 Å². The maximum atomic E-state index is 6.05. The Morgan fingerprint density at radius 1 is 1.10 bits per heavy atom.